The van der Waals surface area contributed by atoms with E-state index in [2.05, 4.69) is 0 Å². The third-order valence-electron chi connectivity index (χ3n) is 5.00. The number of rotatable bonds is 20. The lowest BCUT2D eigenvalue weighted by Gasteiger charge is -2.22. The highest BCUT2D eigenvalue weighted by Gasteiger charge is 2.54. The van der Waals surface area contributed by atoms with Crippen LogP contribution < -0.4 is 0 Å². The maximum absolute atomic E-state index is 12.6. The largest absolute Gasteiger partial charge is 0.463 e. The van der Waals surface area contributed by atoms with Crippen molar-refractivity contribution in [1.82, 2.24) is 0 Å². The Hall–Kier alpha value is -1.60. The summed E-state index contributed by atoms with van der Waals surface area (Å²) in [4.78, 5) is 25.2. The molecule has 11 heteroatoms. The van der Waals surface area contributed by atoms with Gasteiger partial charge in [-0.3, -0.25) is 9.59 Å². The molecule has 33 heavy (non-hydrogen) atoms. The number of hydrogen-bond acceptors (Lipinski definition) is 11. The summed E-state index contributed by atoms with van der Waals surface area (Å²) in [5, 5.41) is 0. The molecule has 0 aromatic rings. The molecule has 0 spiro atoms. The zero-order valence-corrected chi connectivity index (χ0v) is 19.4. The van der Waals surface area contributed by atoms with Gasteiger partial charge in [-0.15, -0.1) is 0 Å². The highest BCUT2D eigenvalue weighted by Crippen LogP contribution is 2.40. The molecule has 2 heterocycles. The Morgan fingerprint density at radius 2 is 0.909 bits per heavy atom. The minimum Gasteiger partial charge on any atom is -0.463 e. The second-order valence-corrected chi connectivity index (χ2v) is 7.27. The van der Waals surface area contributed by atoms with E-state index in [0.29, 0.717) is 52.9 Å². The Labute approximate surface area is 194 Å². The van der Waals surface area contributed by atoms with Crippen molar-refractivity contribution in [2.24, 2.45) is 11.8 Å². The molecule has 0 radical (unpaired) electrons. The predicted molar refractivity (Wildman–Crippen MR) is 114 cm³/mol. The summed E-state index contributed by atoms with van der Waals surface area (Å²) in [6.45, 7) is 4.32. The lowest BCUT2D eigenvalue weighted by Crippen LogP contribution is -2.39. The van der Waals surface area contributed by atoms with Crippen LogP contribution in [-0.4, -0.2) is 118 Å². The molecule has 2 aliphatic rings. The molecule has 2 rings (SSSR count). The summed E-state index contributed by atoms with van der Waals surface area (Å²) in [5.41, 5.74) is 0. The molecule has 0 saturated carbocycles. The van der Waals surface area contributed by atoms with E-state index in [-0.39, 0.29) is 26.4 Å². The van der Waals surface area contributed by atoms with Crippen LogP contribution >= 0.6 is 0 Å². The third kappa shape index (κ3) is 10.0. The molecule has 0 aliphatic carbocycles. The summed E-state index contributed by atoms with van der Waals surface area (Å²) < 4.78 is 47.3. The van der Waals surface area contributed by atoms with Crippen molar-refractivity contribution in [3.63, 3.8) is 0 Å². The molecule has 0 amide bonds. The molecule has 190 valence electrons. The van der Waals surface area contributed by atoms with E-state index in [1.165, 1.54) is 0 Å². The van der Waals surface area contributed by atoms with Crippen LogP contribution in [0.25, 0.3) is 0 Å². The van der Waals surface area contributed by atoms with Crippen molar-refractivity contribution >= 4 is 11.9 Å². The van der Waals surface area contributed by atoms with Gasteiger partial charge < -0.3 is 42.6 Å². The summed E-state index contributed by atoms with van der Waals surface area (Å²) in [5.74, 6) is -2.48. The van der Waals surface area contributed by atoms with Crippen LogP contribution in [-0.2, 0) is 52.2 Å². The molecule has 1 fully saturated rings. The molecule has 0 aromatic heterocycles. The van der Waals surface area contributed by atoms with Gasteiger partial charge in [0, 0.05) is 14.2 Å². The van der Waals surface area contributed by atoms with Crippen molar-refractivity contribution in [2.45, 2.75) is 12.2 Å². The first-order chi connectivity index (χ1) is 16.2. The minimum absolute atomic E-state index is 0.0799. The van der Waals surface area contributed by atoms with E-state index in [1.807, 2.05) is 0 Å². The van der Waals surface area contributed by atoms with Crippen molar-refractivity contribution in [2.75, 3.05) is 93.5 Å². The number of fused-ring (bicyclic) bond motifs is 2. The van der Waals surface area contributed by atoms with Gasteiger partial charge in [-0.25, -0.2) is 0 Å². The molecule has 11 nitrogen and oxygen atoms in total. The molecule has 4 unspecified atom stereocenters. The van der Waals surface area contributed by atoms with Crippen molar-refractivity contribution in [3.05, 3.63) is 12.2 Å². The first kappa shape index (κ1) is 27.6. The molecular formula is C22H36O11. The van der Waals surface area contributed by atoms with Gasteiger partial charge in [0.05, 0.1) is 78.3 Å². The maximum Gasteiger partial charge on any atom is 0.313 e. The lowest BCUT2D eigenvalue weighted by molar-refractivity contribution is -0.161. The van der Waals surface area contributed by atoms with E-state index in [0.717, 1.165) is 0 Å². The molecule has 1 saturated heterocycles. The van der Waals surface area contributed by atoms with Crippen LogP contribution in [0.4, 0.5) is 0 Å². The average Bonchev–Trinajstić information content (AvgIpc) is 3.43. The van der Waals surface area contributed by atoms with Crippen LogP contribution in [0.5, 0.6) is 0 Å². The van der Waals surface area contributed by atoms with Gasteiger partial charge in [-0.2, -0.15) is 0 Å². The zero-order valence-electron chi connectivity index (χ0n) is 19.4. The van der Waals surface area contributed by atoms with E-state index in [1.54, 1.807) is 26.4 Å². The quantitative estimate of drug-likeness (QED) is 0.134. The summed E-state index contributed by atoms with van der Waals surface area (Å²) in [7, 11) is 3.21. The fourth-order valence-corrected chi connectivity index (χ4v) is 3.39. The molecule has 4 atom stereocenters. The van der Waals surface area contributed by atoms with Crippen molar-refractivity contribution in [3.8, 4) is 0 Å². The summed E-state index contributed by atoms with van der Waals surface area (Å²) in [6.07, 6.45) is 2.58. The second kappa shape index (κ2) is 16.9. The Kier molecular flexibility index (Phi) is 14.2. The smallest absolute Gasteiger partial charge is 0.313 e. The fraction of sp³-hybridized carbons (Fsp3) is 0.818. The standard InChI is InChI=1S/C22H36O11/c1-25-5-7-27-9-11-29-13-15-31-21(23)19-17-3-4-18(33-17)20(19)22(24)32-16-14-30-12-10-28-8-6-26-2/h3-4,17-20H,5-16H2,1-2H3. The average molecular weight is 477 g/mol. The monoisotopic (exact) mass is 476 g/mol. The highest BCUT2D eigenvalue weighted by atomic mass is 16.6. The first-order valence-electron chi connectivity index (χ1n) is 11.1. The van der Waals surface area contributed by atoms with Crippen LogP contribution in [0.15, 0.2) is 12.2 Å². The van der Waals surface area contributed by atoms with Gasteiger partial charge in [-0.1, -0.05) is 12.2 Å². The molecular weight excluding hydrogens is 440 g/mol. The van der Waals surface area contributed by atoms with E-state index < -0.39 is 36.0 Å². The fourth-order valence-electron chi connectivity index (χ4n) is 3.39. The van der Waals surface area contributed by atoms with Crippen LogP contribution in [0.3, 0.4) is 0 Å². The summed E-state index contributed by atoms with van der Waals surface area (Å²) >= 11 is 0. The van der Waals surface area contributed by atoms with Crippen LogP contribution in [0.1, 0.15) is 0 Å². The van der Waals surface area contributed by atoms with Crippen molar-refractivity contribution < 1.29 is 52.2 Å². The van der Waals surface area contributed by atoms with E-state index >= 15 is 0 Å². The number of carbonyl (C=O) groups excluding carboxylic acids is 2. The van der Waals surface area contributed by atoms with E-state index in [4.69, 9.17) is 42.6 Å². The second-order valence-electron chi connectivity index (χ2n) is 7.27. The highest BCUT2D eigenvalue weighted by molar-refractivity contribution is 5.85. The lowest BCUT2D eigenvalue weighted by atomic mass is 9.83. The molecule has 0 N–H and O–H groups in total. The number of esters is 2. The molecule has 0 aromatic carbocycles. The number of hydrogen-bond donors (Lipinski definition) is 0. The Balaban J connectivity index is 1.60. The van der Waals surface area contributed by atoms with Gasteiger partial charge in [-0.05, 0) is 0 Å². The zero-order chi connectivity index (χ0) is 23.7. The van der Waals surface area contributed by atoms with Gasteiger partial charge in [0.1, 0.15) is 25.0 Å². The molecule has 2 bridgehead atoms. The number of ether oxygens (including phenoxy) is 9. The normalized spacial score (nSPS) is 23.2. The van der Waals surface area contributed by atoms with Gasteiger partial charge in [0.2, 0.25) is 0 Å². The van der Waals surface area contributed by atoms with Crippen LogP contribution in [0, 0.1) is 11.8 Å². The maximum atomic E-state index is 12.6. The van der Waals surface area contributed by atoms with Gasteiger partial charge >= 0.3 is 11.9 Å². The van der Waals surface area contributed by atoms with E-state index in [9.17, 15) is 9.59 Å². The number of methoxy groups -OCH3 is 2. The Bertz CT molecular complexity index is 535. The third-order valence-corrected chi connectivity index (χ3v) is 5.00. The van der Waals surface area contributed by atoms with Gasteiger partial charge in [0.15, 0.2) is 0 Å². The van der Waals surface area contributed by atoms with Gasteiger partial charge in [0.25, 0.3) is 0 Å². The molecule has 2 aliphatic heterocycles. The Morgan fingerprint density at radius 3 is 1.27 bits per heavy atom. The topological polar surface area (TPSA) is 117 Å². The summed E-state index contributed by atoms with van der Waals surface area (Å²) in [6, 6.07) is 0. The number of carbonyl (C=O) groups is 2. The minimum atomic E-state index is -0.736. The Morgan fingerprint density at radius 1 is 0.576 bits per heavy atom. The first-order valence-corrected chi connectivity index (χ1v) is 11.1. The SMILES string of the molecule is COCCOCCOCCOC(=O)C1C2C=CC(O2)C1C(=O)OCCOCCOCCOC. The van der Waals surface area contributed by atoms with Crippen LogP contribution in [0.2, 0.25) is 0 Å². The van der Waals surface area contributed by atoms with Crippen molar-refractivity contribution in [1.29, 1.82) is 0 Å². The predicted octanol–water partition coefficient (Wildman–Crippen LogP) is 0.00160.